The van der Waals surface area contributed by atoms with Crippen molar-refractivity contribution in [1.29, 1.82) is 0 Å². The number of rotatable bonds is 2. The molecule has 0 radical (unpaired) electrons. The summed E-state index contributed by atoms with van der Waals surface area (Å²) in [4.78, 5) is 10.1. The van der Waals surface area contributed by atoms with Crippen LogP contribution in [0.5, 0.6) is 0 Å². The molecule has 0 saturated carbocycles. The average Bonchev–Trinajstić information content (AvgIpc) is 1.68. The van der Waals surface area contributed by atoms with Crippen LogP contribution in [0.15, 0.2) is 12.3 Å². The zero-order chi connectivity index (χ0) is 5.70. The van der Waals surface area contributed by atoms with Crippen molar-refractivity contribution >= 4 is 21.7 Å². The molecule has 0 spiro atoms. The molecular weight excluding hydrogens is 160 g/mol. The Morgan fingerprint density at radius 1 is 1.86 bits per heavy atom. The van der Waals surface area contributed by atoms with E-state index >= 15 is 0 Å². The van der Waals surface area contributed by atoms with Gasteiger partial charge in [0.2, 0.25) is 0 Å². The predicted octanol–water partition coefficient (Wildman–Crippen LogP) is 1.02. The van der Waals surface area contributed by atoms with E-state index in [9.17, 15) is 4.79 Å². The minimum absolute atomic E-state index is 0.137. The second-order valence-corrected chi connectivity index (χ2v) is 1.48. The Labute approximate surface area is 50.0 Å². The molecule has 0 aromatic carbocycles. The molecule has 0 saturated heterocycles. The van der Waals surface area contributed by atoms with Crippen molar-refractivity contribution in [3.8, 4) is 0 Å². The van der Waals surface area contributed by atoms with Crippen molar-refractivity contribution in [1.82, 2.24) is 0 Å². The minimum atomic E-state index is -0.137. The van der Waals surface area contributed by atoms with Gasteiger partial charge in [-0.05, 0) is 0 Å². The van der Waals surface area contributed by atoms with Crippen molar-refractivity contribution < 1.29 is 9.90 Å². The molecule has 0 amide bonds. The smallest absolute Gasteiger partial charge is 0.169 e. The third kappa shape index (κ3) is 3.52. The molecular formula is C4H5BrO2. The molecule has 0 aromatic rings. The maximum atomic E-state index is 10.1. The first-order chi connectivity index (χ1) is 3.31. The van der Waals surface area contributed by atoms with E-state index in [0.29, 0.717) is 0 Å². The van der Waals surface area contributed by atoms with Gasteiger partial charge in [-0.25, -0.2) is 0 Å². The molecule has 0 rings (SSSR count). The van der Waals surface area contributed by atoms with Crippen LogP contribution in [0, 0.1) is 0 Å². The van der Waals surface area contributed by atoms with Crippen LogP contribution in [0.4, 0.5) is 0 Å². The highest BCUT2D eigenvalue weighted by Crippen LogP contribution is 1.81. The van der Waals surface area contributed by atoms with Crippen LogP contribution in [0.1, 0.15) is 0 Å². The Kier molecular flexibility index (Phi) is 3.69. The number of ketones is 1. The van der Waals surface area contributed by atoms with Crippen LogP contribution in [0.2, 0.25) is 0 Å². The van der Waals surface area contributed by atoms with E-state index in [1.54, 1.807) is 0 Å². The summed E-state index contributed by atoms with van der Waals surface area (Å²) in [6, 6.07) is 0. The van der Waals surface area contributed by atoms with E-state index in [4.69, 9.17) is 5.11 Å². The van der Waals surface area contributed by atoms with Gasteiger partial charge >= 0.3 is 0 Å². The van der Waals surface area contributed by atoms with E-state index in [-0.39, 0.29) is 11.1 Å². The van der Waals surface area contributed by atoms with Gasteiger partial charge in [-0.2, -0.15) is 0 Å². The molecule has 7 heavy (non-hydrogen) atoms. The highest BCUT2D eigenvalue weighted by molar-refractivity contribution is 9.09. The fourth-order valence-electron chi connectivity index (χ4n) is 0.128. The Bertz CT molecular complexity index is 87.7. The number of halogens is 1. The van der Waals surface area contributed by atoms with Crippen molar-refractivity contribution in [3.63, 3.8) is 0 Å². The second kappa shape index (κ2) is 3.87. The molecule has 0 aliphatic carbocycles. The zero-order valence-electron chi connectivity index (χ0n) is 3.60. The van der Waals surface area contributed by atoms with Gasteiger partial charge in [0.1, 0.15) is 0 Å². The molecule has 0 aromatic heterocycles. The van der Waals surface area contributed by atoms with Crippen molar-refractivity contribution in [2.45, 2.75) is 0 Å². The van der Waals surface area contributed by atoms with Gasteiger partial charge in [0.15, 0.2) is 5.78 Å². The summed E-state index contributed by atoms with van der Waals surface area (Å²) in [6.07, 6.45) is 1.82. The summed E-state index contributed by atoms with van der Waals surface area (Å²) in [5, 5.41) is 8.21. The first kappa shape index (κ1) is 6.69. The molecule has 0 bridgehead atoms. The van der Waals surface area contributed by atoms with Gasteiger partial charge in [-0.1, -0.05) is 15.9 Å². The topological polar surface area (TPSA) is 37.3 Å². The number of hydrogen-bond acceptors (Lipinski definition) is 2. The van der Waals surface area contributed by atoms with E-state index in [0.717, 1.165) is 12.3 Å². The molecule has 0 atom stereocenters. The number of allylic oxidation sites excluding steroid dienone is 1. The highest BCUT2D eigenvalue weighted by atomic mass is 79.9. The largest absolute Gasteiger partial charge is 0.515 e. The molecule has 0 heterocycles. The van der Waals surface area contributed by atoms with Crippen LogP contribution >= 0.6 is 15.9 Å². The molecule has 0 fully saturated rings. The number of aliphatic hydroxyl groups is 1. The fourth-order valence-corrected chi connectivity index (χ4v) is 0.315. The zero-order valence-corrected chi connectivity index (χ0v) is 5.18. The molecule has 0 unspecified atom stereocenters. The summed E-state index contributed by atoms with van der Waals surface area (Å²) in [6.45, 7) is 0. The lowest BCUT2D eigenvalue weighted by Gasteiger charge is -1.76. The third-order valence-corrected chi connectivity index (χ3v) is 0.945. The van der Waals surface area contributed by atoms with Crippen LogP contribution < -0.4 is 0 Å². The Hall–Kier alpha value is -0.310. The van der Waals surface area contributed by atoms with Gasteiger partial charge < -0.3 is 5.11 Å². The van der Waals surface area contributed by atoms with Gasteiger partial charge in [0.25, 0.3) is 0 Å². The summed E-state index contributed by atoms with van der Waals surface area (Å²) < 4.78 is 0. The molecule has 1 N–H and O–H groups in total. The maximum absolute atomic E-state index is 10.1. The van der Waals surface area contributed by atoms with Gasteiger partial charge in [0, 0.05) is 6.08 Å². The monoisotopic (exact) mass is 164 g/mol. The number of carbonyl (C=O) groups excluding carboxylic acids is 1. The fraction of sp³-hybridized carbons (Fsp3) is 0.250. The number of carbonyl (C=O) groups is 1. The standard InChI is InChI=1S/C4H5BrO2/c5-3-4(7)1-2-6/h1-2,6H,3H2/b2-1-. The van der Waals surface area contributed by atoms with E-state index < -0.39 is 0 Å². The van der Waals surface area contributed by atoms with Gasteiger partial charge in [-0.15, -0.1) is 0 Å². The van der Waals surface area contributed by atoms with Crippen molar-refractivity contribution in [2.24, 2.45) is 0 Å². The van der Waals surface area contributed by atoms with Gasteiger partial charge in [0.05, 0.1) is 11.6 Å². The van der Waals surface area contributed by atoms with Crippen molar-refractivity contribution in [3.05, 3.63) is 12.3 Å². The van der Waals surface area contributed by atoms with E-state index in [1.807, 2.05) is 0 Å². The first-order valence-corrected chi connectivity index (χ1v) is 2.83. The number of aliphatic hydroxyl groups excluding tert-OH is 1. The lowest BCUT2D eigenvalue weighted by Crippen LogP contribution is -1.90. The van der Waals surface area contributed by atoms with Crippen LogP contribution in [0.25, 0.3) is 0 Å². The highest BCUT2D eigenvalue weighted by Gasteiger charge is 1.86. The molecule has 2 nitrogen and oxygen atoms in total. The Morgan fingerprint density at radius 3 is 2.57 bits per heavy atom. The van der Waals surface area contributed by atoms with Crippen molar-refractivity contribution in [2.75, 3.05) is 5.33 Å². The summed E-state index contributed by atoms with van der Waals surface area (Å²) in [7, 11) is 0. The number of alkyl halides is 1. The van der Waals surface area contributed by atoms with Crippen LogP contribution in [-0.2, 0) is 4.79 Å². The molecule has 40 valence electrons. The summed E-state index contributed by atoms with van der Waals surface area (Å²) >= 11 is 2.90. The Morgan fingerprint density at radius 2 is 2.43 bits per heavy atom. The maximum Gasteiger partial charge on any atom is 0.169 e. The lowest BCUT2D eigenvalue weighted by molar-refractivity contribution is -0.112. The second-order valence-electron chi connectivity index (χ2n) is 0.916. The summed E-state index contributed by atoms with van der Waals surface area (Å²) in [5.74, 6) is -0.137. The minimum Gasteiger partial charge on any atom is -0.515 e. The molecule has 0 aliphatic rings. The lowest BCUT2D eigenvalue weighted by atomic mass is 10.4. The molecule has 0 aliphatic heterocycles. The van der Waals surface area contributed by atoms with E-state index in [1.165, 1.54) is 0 Å². The summed E-state index contributed by atoms with van der Waals surface area (Å²) in [5.41, 5.74) is 0. The third-order valence-electron chi connectivity index (χ3n) is 0.392. The molecule has 3 heteroatoms. The SMILES string of the molecule is O=C(/C=C\O)CBr. The Balaban J connectivity index is 3.37. The quantitative estimate of drug-likeness (QED) is 0.376. The number of hydrogen-bond donors (Lipinski definition) is 1. The normalized spacial score (nSPS) is 9.86. The van der Waals surface area contributed by atoms with E-state index in [2.05, 4.69) is 15.9 Å². The van der Waals surface area contributed by atoms with Crippen LogP contribution in [-0.4, -0.2) is 16.2 Å². The first-order valence-electron chi connectivity index (χ1n) is 1.71. The van der Waals surface area contributed by atoms with Gasteiger partial charge in [-0.3, -0.25) is 4.79 Å². The average molecular weight is 165 g/mol. The predicted molar refractivity (Wildman–Crippen MR) is 30.6 cm³/mol. The van der Waals surface area contributed by atoms with Crippen LogP contribution in [0.3, 0.4) is 0 Å².